The molecule has 0 bridgehead atoms. The van der Waals surface area contributed by atoms with Gasteiger partial charge in [-0.2, -0.15) is 0 Å². The number of pyridine rings is 1. The summed E-state index contributed by atoms with van der Waals surface area (Å²) in [6.07, 6.45) is 6.08. The molecule has 1 aliphatic carbocycles. The number of hydrogen-bond acceptors (Lipinski definition) is 3. The summed E-state index contributed by atoms with van der Waals surface area (Å²) in [5.41, 5.74) is 1.35. The SMILES string of the molecule is OCc1cn2cc(OCC3CC3)c(Cl)cc2n1. The molecule has 4 nitrogen and oxygen atoms in total. The van der Waals surface area contributed by atoms with Crippen molar-refractivity contribution in [2.24, 2.45) is 5.92 Å². The van der Waals surface area contributed by atoms with Gasteiger partial charge < -0.3 is 14.2 Å². The summed E-state index contributed by atoms with van der Waals surface area (Å²) < 4.78 is 7.49. The van der Waals surface area contributed by atoms with E-state index in [2.05, 4.69) is 4.98 Å². The molecule has 3 rings (SSSR count). The van der Waals surface area contributed by atoms with Gasteiger partial charge in [0.25, 0.3) is 0 Å². The predicted octanol–water partition coefficient (Wildman–Crippen LogP) is 2.27. The smallest absolute Gasteiger partial charge is 0.154 e. The van der Waals surface area contributed by atoms with Gasteiger partial charge >= 0.3 is 0 Å². The Labute approximate surface area is 104 Å². The third-order valence-corrected chi connectivity index (χ3v) is 3.19. The van der Waals surface area contributed by atoms with Gasteiger partial charge in [-0.3, -0.25) is 0 Å². The first-order valence-corrected chi connectivity index (χ1v) is 6.05. The number of aromatic nitrogens is 2. The summed E-state index contributed by atoms with van der Waals surface area (Å²) in [6.45, 7) is 0.657. The Balaban J connectivity index is 1.90. The van der Waals surface area contributed by atoms with Gasteiger partial charge in [0.05, 0.1) is 30.1 Å². The van der Waals surface area contributed by atoms with E-state index in [0.29, 0.717) is 22.4 Å². The van der Waals surface area contributed by atoms with Crippen LogP contribution in [0.5, 0.6) is 5.75 Å². The van der Waals surface area contributed by atoms with Crippen LogP contribution in [0, 0.1) is 5.92 Å². The zero-order valence-electron chi connectivity index (χ0n) is 9.27. The average molecular weight is 253 g/mol. The Morgan fingerprint density at radius 1 is 1.47 bits per heavy atom. The summed E-state index contributed by atoms with van der Waals surface area (Å²) in [5.74, 6) is 1.37. The van der Waals surface area contributed by atoms with Crippen LogP contribution in [0.3, 0.4) is 0 Å². The highest BCUT2D eigenvalue weighted by atomic mass is 35.5. The molecule has 5 heteroatoms. The van der Waals surface area contributed by atoms with Gasteiger partial charge in [0.15, 0.2) is 5.75 Å². The minimum atomic E-state index is -0.0719. The summed E-state index contributed by atoms with van der Waals surface area (Å²) in [6, 6.07) is 1.75. The van der Waals surface area contributed by atoms with Crippen LogP contribution in [0.4, 0.5) is 0 Å². The number of halogens is 1. The van der Waals surface area contributed by atoms with Gasteiger partial charge in [-0.1, -0.05) is 11.6 Å². The normalized spacial score (nSPS) is 15.4. The largest absolute Gasteiger partial charge is 0.490 e. The van der Waals surface area contributed by atoms with Crippen LogP contribution in [0.15, 0.2) is 18.5 Å². The lowest BCUT2D eigenvalue weighted by Gasteiger charge is -2.07. The zero-order valence-corrected chi connectivity index (χ0v) is 10.0. The van der Waals surface area contributed by atoms with Crippen LogP contribution in [-0.4, -0.2) is 21.1 Å². The Bertz CT molecular complexity index is 549. The first-order chi connectivity index (χ1) is 8.26. The van der Waals surface area contributed by atoms with Gasteiger partial charge in [-0.15, -0.1) is 0 Å². The Morgan fingerprint density at radius 2 is 2.29 bits per heavy atom. The summed E-state index contributed by atoms with van der Waals surface area (Å²) in [7, 11) is 0. The lowest BCUT2D eigenvalue weighted by molar-refractivity contribution is 0.277. The number of hydrogen-bond donors (Lipinski definition) is 1. The molecule has 0 unspecified atom stereocenters. The van der Waals surface area contributed by atoms with Crippen molar-refractivity contribution >= 4 is 17.2 Å². The third kappa shape index (κ3) is 2.23. The number of aliphatic hydroxyl groups is 1. The van der Waals surface area contributed by atoms with Crippen LogP contribution in [0.1, 0.15) is 18.5 Å². The number of aliphatic hydroxyl groups excluding tert-OH is 1. The molecule has 17 heavy (non-hydrogen) atoms. The second kappa shape index (κ2) is 4.20. The third-order valence-electron chi connectivity index (χ3n) is 2.89. The number of imidazole rings is 1. The molecule has 1 N–H and O–H groups in total. The van der Waals surface area contributed by atoms with Crippen molar-refractivity contribution in [3.05, 3.63) is 29.2 Å². The van der Waals surface area contributed by atoms with Gasteiger partial charge in [0.2, 0.25) is 0 Å². The van der Waals surface area contributed by atoms with Crippen molar-refractivity contribution in [2.45, 2.75) is 19.4 Å². The van der Waals surface area contributed by atoms with Gasteiger partial charge in [-0.05, 0) is 18.8 Å². The van der Waals surface area contributed by atoms with E-state index in [1.807, 2.05) is 10.6 Å². The number of ether oxygens (including phenoxy) is 1. The van der Waals surface area contributed by atoms with Gasteiger partial charge in [0, 0.05) is 12.3 Å². The molecule has 0 radical (unpaired) electrons. The minimum absolute atomic E-state index is 0.0719. The molecule has 2 heterocycles. The molecule has 0 saturated heterocycles. The summed E-state index contributed by atoms with van der Waals surface area (Å²) in [5, 5.41) is 9.58. The molecule has 0 atom stereocenters. The first-order valence-electron chi connectivity index (χ1n) is 5.67. The van der Waals surface area contributed by atoms with Crippen molar-refractivity contribution in [1.82, 2.24) is 9.38 Å². The maximum absolute atomic E-state index is 9.02. The fourth-order valence-electron chi connectivity index (χ4n) is 1.72. The molecule has 1 saturated carbocycles. The van der Waals surface area contributed by atoms with Crippen molar-refractivity contribution in [3.63, 3.8) is 0 Å². The van der Waals surface area contributed by atoms with E-state index in [0.717, 1.165) is 12.3 Å². The molecule has 1 fully saturated rings. The Hall–Kier alpha value is -1.26. The fourth-order valence-corrected chi connectivity index (χ4v) is 1.92. The second-order valence-electron chi connectivity index (χ2n) is 4.40. The van der Waals surface area contributed by atoms with E-state index in [9.17, 15) is 0 Å². The van der Waals surface area contributed by atoms with E-state index < -0.39 is 0 Å². The molecular formula is C12H13ClN2O2. The van der Waals surface area contributed by atoms with E-state index in [-0.39, 0.29) is 6.61 Å². The summed E-state index contributed by atoms with van der Waals surface area (Å²) >= 11 is 6.12. The molecule has 2 aromatic heterocycles. The van der Waals surface area contributed by atoms with Crippen LogP contribution >= 0.6 is 11.6 Å². The Kier molecular flexibility index (Phi) is 2.68. The standard InChI is InChI=1S/C12H13ClN2O2/c13-10-3-12-14-9(6-16)4-15(12)5-11(10)17-7-8-1-2-8/h3-5,8,16H,1-2,6-7H2. The summed E-state index contributed by atoms with van der Waals surface area (Å²) in [4.78, 5) is 4.21. The molecule has 0 aromatic carbocycles. The highest BCUT2D eigenvalue weighted by Gasteiger charge is 2.22. The molecule has 90 valence electrons. The van der Waals surface area contributed by atoms with Crippen LogP contribution in [0.25, 0.3) is 5.65 Å². The van der Waals surface area contributed by atoms with Crippen LogP contribution in [-0.2, 0) is 6.61 Å². The van der Waals surface area contributed by atoms with Crippen LogP contribution in [0.2, 0.25) is 5.02 Å². The van der Waals surface area contributed by atoms with Crippen molar-refractivity contribution < 1.29 is 9.84 Å². The molecule has 0 spiro atoms. The topological polar surface area (TPSA) is 46.8 Å². The highest BCUT2D eigenvalue weighted by Crippen LogP contribution is 2.32. The maximum atomic E-state index is 9.02. The van der Waals surface area contributed by atoms with Crippen LogP contribution < -0.4 is 4.74 Å². The van der Waals surface area contributed by atoms with E-state index >= 15 is 0 Å². The molecule has 2 aromatic rings. The highest BCUT2D eigenvalue weighted by molar-refractivity contribution is 6.32. The molecule has 0 amide bonds. The predicted molar refractivity (Wildman–Crippen MR) is 64.3 cm³/mol. The number of rotatable bonds is 4. The minimum Gasteiger partial charge on any atom is -0.490 e. The van der Waals surface area contributed by atoms with Crippen molar-refractivity contribution in [1.29, 1.82) is 0 Å². The molecule has 0 aliphatic heterocycles. The van der Waals surface area contributed by atoms with Crippen molar-refractivity contribution in [3.8, 4) is 5.75 Å². The van der Waals surface area contributed by atoms with E-state index in [4.69, 9.17) is 21.4 Å². The quantitative estimate of drug-likeness (QED) is 0.908. The lowest BCUT2D eigenvalue weighted by Crippen LogP contribution is -2.00. The monoisotopic (exact) mass is 252 g/mol. The van der Waals surface area contributed by atoms with Crippen molar-refractivity contribution in [2.75, 3.05) is 6.61 Å². The molecular weight excluding hydrogens is 240 g/mol. The van der Waals surface area contributed by atoms with E-state index in [1.165, 1.54) is 12.8 Å². The number of nitrogens with zero attached hydrogens (tertiary/aromatic N) is 2. The first kappa shape index (κ1) is 10.9. The number of fused-ring (bicyclic) bond motifs is 1. The maximum Gasteiger partial charge on any atom is 0.154 e. The van der Waals surface area contributed by atoms with E-state index in [1.54, 1.807) is 12.3 Å². The molecule has 1 aliphatic rings. The Morgan fingerprint density at radius 3 is 3.00 bits per heavy atom. The lowest BCUT2D eigenvalue weighted by atomic mass is 10.4. The van der Waals surface area contributed by atoms with Gasteiger partial charge in [-0.25, -0.2) is 4.98 Å². The average Bonchev–Trinajstić information content (AvgIpc) is 3.06. The second-order valence-corrected chi connectivity index (χ2v) is 4.80. The zero-order chi connectivity index (χ0) is 11.8. The van der Waals surface area contributed by atoms with Gasteiger partial charge in [0.1, 0.15) is 5.65 Å². The fraction of sp³-hybridized carbons (Fsp3) is 0.417.